The molecule has 13 heavy (non-hydrogen) atoms. The predicted molar refractivity (Wildman–Crippen MR) is 55.1 cm³/mol. The zero-order valence-electron chi connectivity index (χ0n) is 8.55. The van der Waals surface area contributed by atoms with Crippen LogP contribution in [0.2, 0.25) is 0 Å². The van der Waals surface area contributed by atoms with Crippen molar-refractivity contribution in [3.8, 4) is 0 Å². The largest absolute Gasteiger partial charge is 0.358 e. The molecule has 2 saturated carbocycles. The molecule has 0 saturated heterocycles. The molecular formula is C11H20N2. The monoisotopic (exact) mass is 180 g/mol. The molecule has 0 aliphatic heterocycles. The molecule has 0 aromatic rings. The van der Waals surface area contributed by atoms with E-state index in [1.54, 1.807) is 0 Å². The molecule has 2 rings (SSSR count). The van der Waals surface area contributed by atoms with Gasteiger partial charge in [-0.15, -0.1) is 0 Å². The van der Waals surface area contributed by atoms with Crippen LogP contribution < -0.4 is 0 Å². The van der Waals surface area contributed by atoms with E-state index in [0.717, 1.165) is 12.4 Å². The molecule has 0 bridgehead atoms. The van der Waals surface area contributed by atoms with Crippen LogP contribution in [-0.4, -0.2) is 23.3 Å². The van der Waals surface area contributed by atoms with Gasteiger partial charge >= 0.3 is 0 Å². The molecule has 0 heterocycles. The Morgan fingerprint density at radius 1 is 1.23 bits per heavy atom. The van der Waals surface area contributed by atoms with Crippen LogP contribution in [0.25, 0.3) is 0 Å². The number of hydrogen-bond donors (Lipinski definition) is 1. The minimum absolute atomic E-state index is 0.626. The lowest BCUT2D eigenvalue weighted by Gasteiger charge is -2.30. The summed E-state index contributed by atoms with van der Waals surface area (Å²) in [6.45, 7) is 3.23. The highest BCUT2D eigenvalue weighted by Gasteiger charge is 2.33. The van der Waals surface area contributed by atoms with Gasteiger partial charge < -0.3 is 4.90 Å². The van der Waals surface area contributed by atoms with Gasteiger partial charge in [-0.25, -0.2) is 0 Å². The number of amidine groups is 1. The van der Waals surface area contributed by atoms with Crippen molar-refractivity contribution in [2.45, 2.75) is 51.5 Å². The van der Waals surface area contributed by atoms with Crippen LogP contribution in [0.3, 0.4) is 0 Å². The molecule has 2 aliphatic carbocycles. The number of rotatable bonds is 3. The first-order valence-electron chi connectivity index (χ1n) is 5.68. The topological polar surface area (TPSA) is 27.1 Å². The third-order valence-corrected chi connectivity index (χ3v) is 3.38. The molecule has 2 heteroatoms. The molecule has 2 fully saturated rings. The molecule has 74 valence electrons. The average Bonchev–Trinajstić information content (AvgIpc) is 2.86. The Labute approximate surface area is 80.8 Å². The predicted octanol–water partition coefficient (Wildman–Crippen LogP) is 2.64. The van der Waals surface area contributed by atoms with Crippen LogP contribution in [0, 0.1) is 11.3 Å². The molecule has 0 aromatic carbocycles. The van der Waals surface area contributed by atoms with E-state index < -0.39 is 0 Å². The van der Waals surface area contributed by atoms with Crippen LogP contribution >= 0.6 is 0 Å². The summed E-state index contributed by atoms with van der Waals surface area (Å²) in [5, 5.41) is 8.05. The van der Waals surface area contributed by atoms with E-state index in [9.17, 15) is 0 Å². The highest BCUT2D eigenvalue weighted by molar-refractivity contribution is 5.84. The molecule has 2 aliphatic rings. The Morgan fingerprint density at radius 3 is 2.31 bits per heavy atom. The summed E-state index contributed by atoms with van der Waals surface area (Å²) in [4.78, 5) is 2.35. The van der Waals surface area contributed by atoms with Gasteiger partial charge in [0.25, 0.3) is 0 Å². The van der Waals surface area contributed by atoms with Gasteiger partial charge in [0.2, 0.25) is 0 Å². The Morgan fingerprint density at radius 2 is 1.85 bits per heavy atom. The fourth-order valence-corrected chi connectivity index (χ4v) is 2.43. The Kier molecular flexibility index (Phi) is 2.56. The maximum Gasteiger partial charge on any atom is 0.0991 e. The minimum Gasteiger partial charge on any atom is -0.358 e. The van der Waals surface area contributed by atoms with Crippen molar-refractivity contribution < 1.29 is 0 Å². The zero-order chi connectivity index (χ0) is 9.26. The summed E-state index contributed by atoms with van der Waals surface area (Å²) in [5.74, 6) is 1.56. The zero-order valence-corrected chi connectivity index (χ0v) is 8.55. The number of hydrogen-bond acceptors (Lipinski definition) is 1. The summed E-state index contributed by atoms with van der Waals surface area (Å²) < 4.78 is 0. The van der Waals surface area contributed by atoms with Crippen LogP contribution in [0.15, 0.2) is 0 Å². The van der Waals surface area contributed by atoms with Gasteiger partial charge in [-0.1, -0.05) is 12.8 Å². The van der Waals surface area contributed by atoms with Crippen molar-refractivity contribution >= 4 is 5.84 Å². The second-order valence-corrected chi connectivity index (χ2v) is 4.38. The maximum atomic E-state index is 8.05. The lowest BCUT2D eigenvalue weighted by Crippen LogP contribution is -2.39. The fourth-order valence-electron chi connectivity index (χ4n) is 2.43. The second kappa shape index (κ2) is 3.69. The van der Waals surface area contributed by atoms with Crippen molar-refractivity contribution in [2.24, 2.45) is 5.92 Å². The third kappa shape index (κ3) is 1.87. The van der Waals surface area contributed by atoms with Crippen molar-refractivity contribution in [3.63, 3.8) is 0 Å². The SMILES string of the molecule is CCN(C(=N)C1CC1)C1CCCC1. The highest BCUT2D eigenvalue weighted by atomic mass is 15.2. The van der Waals surface area contributed by atoms with Gasteiger partial charge in [0.15, 0.2) is 0 Å². The highest BCUT2D eigenvalue weighted by Crippen LogP contribution is 2.34. The lowest BCUT2D eigenvalue weighted by atomic mass is 10.2. The summed E-state index contributed by atoms with van der Waals surface area (Å²) in [5.41, 5.74) is 0. The van der Waals surface area contributed by atoms with E-state index in [0.29, 0.717) is 12.0 Å². The van der Waals surface area contributed by atoms with Crippen LogP contribution in [0.1, 0.15) is 45.4 Å². The van der Waals surface area contributed by atoms with E-state index in [1.165, 1.54) is 38.5 Å². The van der Waals surface area contributed by atoms with E-state index in [2.05, 4.69) is 11.8 Å². The molecule has 1 N–H and O–H groups in total. The summed E-state index contributed by atoms with van der Waals surface area (Å²) in [6.07, 6.45) is 7.92. The third-order valence-electron chi connectivity index (χ3n) is 3.38. The van der Waals surface area contributed by atoms with Gasteiger partial charge in [-0.3, -0.25) is 5.41 Å². The summed E-state index contributed by atoms with van der Waals surface area (Å²) in [7, 11) is 0. The first-order valence-corrected chi connectivity index (χ1v) is 5.68. The Hall–Kier alpha value is -0.530. The molecule has 0 atom stereocenters. The first-order chi connectivity index (χ1) is 6.33. The Bertz CT molecular complexity index is 190. The number of nitrogens with one attached hydrogen (secondary N) is 1. The smallest absolute Gasteiger partial charge is 0.0991 e. The molecular weight excluding hydrogens is 160 g/mol. The first kappa shape index (κ1) is 9.04. The van der Waals surface area contributed by atoms with Crippen molar-refractivity contribution in [1.82, 2.24) is 4.90 Å². The molecule has 0 aromatic heterocycles. The summed E-state index contributed by atoms with van der Waals surface area (Å²) in [6, 6.07) is 0.707. The minimum atomic E-state index is 0.626. The van der Waals surface area contributed by atoms with Crippen LogP contribution in [-0.2, 0) is 0 Å². The molecule has 2 nitrogen and oxygen atoms in total. The standard InChI is InChI=1S/C11H20N2/c1-2-13(10-5-3-4-6-10)11(12)9-7-8-9/h9-10,12H,2-8H2,1H3. The van der Waals surface area contributed by atoms with Gasteiger partial charge in [0, 0.05) is 18.5 Å². The quantitative estimate of drug-likeness (QED) is 0.524. The van der Waals surface area contributed by atoms with Gasteiger partial charge in [-0.2, -0.15) is 0 Å². The molecule has 0 radical (unpaired) electrons. The van der Waals surface area contributed by atoms with E-state index in [4.69, 9.17) is 5.41 Å². The van der Waals surface area contributed by atoms with Gasteiger partial charge in [0.05, 0.1) is 5.84 Å². The van der Waals surface area contributed by atoms with Crippen LogP contribution in [0.4, 0.5) is 0 Å². The number of nitrogens with zero attached hydrogens (tertiary/aromatic N) is 1. The van der Waals surface area contributed by atoms with E-state index in [-0.39, 0.29) is 0 Å². The van der Waals surface area contributed by atoms with Crippen molar-refractivity contribution in [1.29, 1.82) is 5.41 Å². The Balaban J connectivity index is 1.94. The van der Waals surface area contributed by atoms with Crippen LogP contribution in [0.5, 0.6) is 0 Å². The van der Waals surface area contributed by atoms with Crippen molar-refractivity contribution in [3.05, 3.63) is 0 Å². The van der Waals surface area contributed by atoms with Gasteiger partial charge in [-0.05, 0) is 32.6 Å². The molecule has 0 unspecified atom stereocenters. The molecule has 0 amide bonds. The lowest BCUT2D eigenvalue weighted by molar-refractivity contribution is 0.319. The molecule has 0 spiro atoms. The second-order valence-electron chi connectivity index (χ2n) is 4.38. The summed E-state index contributed by atoms with van der Waals surface area (Å²) >= 11 is 0. The maximum absolute atomic E-state index is 8.05. The fraction of sp³-hybridized carbons (Fsp3) is 0.909. The normalized spacial score (nSPS) is 23.5. The van der Waals surface area contributed by atoms with Crippen molar-refractivity contribution in [2.75, 3.05) is 6.54 Å². The average molecular weight is 180 g/mol. The van der Waals surface area contributed by atoms with Gasteiger partial charge in [0.1, 0.15) is 0 Å². The van der Waals surface area contributed by atoms with E-state index in [1.807, 2.05) is 0 Å². The van der Waals surface area contributed by atoms with E-state index >= 15 is 0 Å².